The average Bonchev–Trinajstić information content (AvgIpc) is 2.71. The second kappa shape index (κ2) is 8.19. The van der Waals surface area contributed by atoms with Crippen molar-refractivity contribution in [2.24, 2.45) is 5.92 Å². The number of carbonyl (C=O) groups is 1. The molecule has 4 nitrogen and oxygen atoms in total. The number of hydrogen-bond donors (Lipinski definition) is 1. The lowest BCUT2D eigenvalue weighted by molar-refractivity contribution is 0.0952. The number of benzene rings is 2. The summed E-state index contributed by atoms with van der Waals surface area (Å²) in [5.41, 5.74) is 2.50. The van der Waals surface area contributed by atoms with E-state index in [-0.39, 0.29) is 5.91 Å². The molecule has 0 aliphatic carbocycles. The summed E-state index contributed by atoms with van der Waals surface area (Å²) in [5, 5.41) is 4.57. The standard InChI is InChI=1S/C23H24ClN3O/c1-16-6-5-11-27(15-16)22-13-20(19-9-2-3-10-21(19)26-22)23(28)25-14-17-7-4-8-18(24)12-17/h2-4,7-10,12-13,16H,5-6,11,14-15H2,1H3,(H,25,28). The highest BCUT2D eigenvalue weighted by Gasteiger charge is 2.20. The van der Waals surface area contributed by atoms with Gasteiger partial charge < -0.3 is 10.2 Å². The zero-order valence-electron chi connectivity index (χ0n) is 16.0. The molecular weight excluding hydrogens is 370 g/mol. The van der Waals surface area contributed by atoms with Crippen LogP contribution in [0, 0.1) is 5.92 Å². The van der Waals surface area contributed by atoms with Crippen LogP contribution in [0.3, 0.4) is 0 Å². The van der Waals surface area contributed by atoms with Crippen molar-refractivity contribution in [2.45, 2.75) is 26.3 Å². The summed E-state index contributed by atoms with van der Waals surface area (Å²) in [7, 11) is 0. The molecular formula is C23H24ClN3O. The molecule has 1 fully saturated rings. The first-order chi connectivity index (χ1) is 13.6. The zero-order valence-corrected chi connectivity index (χ0v) is 16.7. The lowest BCUT2D eigenvalue weighted by atomic mass is 10.00. The van der Waals surface area contributed by atoms with Crippen LogP contribution in [0.4, 0.5) is 5.82 Å². The van der Waals surface area contributed by atoms with Gasteiger partial charge in [0.25, 0.3) is 5.91 Å². The number of fused-ring (bicyclic) bond motifs is 1. The Morgan fingerprint density at radius 1 is 1.21 bits per heavy atom. The third-order valence-corrected chi connectivity index (χ3v) is 5.51. The first-order valence-corrected chi connectivity index (χ1v) is 10.2. The molecule has 0 bridgehead atoms. The Bertz CT molecular complexity index is 1000. The van der Waals surface area contributed by atoms with Crippen LogP contribution in [0.1, 0.15) is 35.7 Å². The molecule has 144 valence electrons. The largest absolute Gasteiger partial charge is 0.356 e. The maximum Gasteiger partial charge on any atom is 0.252 e. The van der Waals surface area contributed by atoms with Crippen LogP contribution in [0.25, 0.3) is 10.9 Å². The number of hydrogen-bond acceptors (Lipinski definition) is 3. The maximum atomic E-state index is 13.0. The van der Waals surface area contributed by atoms with E-state index in [1.807, 2.05) is 54.6 Å². The third-order valence-electron chi connectivity index (χ3n) is 5.27. The molecule has 1 amide bonds. The van der Waals surface area contributed by atoms with Gasteiger partial charge in [0.15, 0.2) is 0 Å². The van der Waals surface area contributed by atoms with Gasteiger partial charge in [0, 0.05) is 30.0 Å². The van der Waals surface area contributed by atoms with E-state index in [2.05, 4.69) is 17.1 Å². The molecule has 1 unspecified atom stereocenters. The number of anilines is 1. The summed E-state index contributed by atoms with van der Waals surface area (Å²) in [5.74, 6) is 1.44. The van der Waals surface area contributed by atoms with Crippen LogP contribution in [0.15, 0.2) is 54.6 Å². The second-order valence-electron chi connectivity index (χ2n) is 7.55. The van der Waals surface area contributed by atoms with Crippen molar-refractivity contribution in [3.05, 3.63) is 70.7 Å². The molecule has 4 rings (SSSR count). The predicted molar refractivity (Wildman–Crippen MR) is 115 cm³/mol. The number of rotatable bonds is 4. The van der Waals surface area contributed by atoms with Gasteiger partial charge in [0.2, 0.25) is 0 Å². The number of pyridine rings is 1. The maximum absolute atomic E-state index is 13.0. The van der Waals surface area contributed by atoms with Gasteiger partial charge in [-0.1, -0.05) is 48.9 Å². The molecule has 1 saturated heterocycles. The highest BCUT2D eigenvalue weighted by atomic mass is 35.5. The number of nitrogens with zero attached hydrogens (tertiary/aromatic N) is 2. The van der Waals surface area contributed by atoms with Crippen LogP contribution < -0.4 is 10.2 Å². The van der Waals surface area contributed by atoms with Crippen molar-refractivity contribution in [1.82, 2.24) is 10.3 Å². The van der Waals surface area contributed by atoms with Gasteiger partial charge in [-0.15, -0.1) is 0 Å². The second-order valence-corrected chi connectivity index (χ2v) is 7.99. The van der Waals surface area contributed by atoms with Crippen molar-refractivity contribution >= 4 is 34.2 Å². The van der Waals surface area contributed by atoms with Crippen molar-refractivity contribution in [3.8, 4) is 0 Å². The molecule has 0 saturated carbocycles. The fourth-order valence-electron chi connectivity index (χ4n) is 3.83. The lowest BCUT2D eigenvalue weighted by Gasteiger charge is -2.32. The molecule has 1 N–H and O–H groups in total. The molecule has 5 heteroatoms. The summed E-state index contributed by atoms with van der Waals surface area (Å²) in [6.07, 6.45) is 2.41. The van der Waals surface area contributed by atoms with Crippen molar-refractivity contribution in [3.63, 3.8) is 0 Å². The minimum atomic E-state index is -0.0927. The summed E-state index contributed by atoms with van der Waals surface area (Å²) in [6.45, 7) is 4.67. The molecule has 3 aromatic rings. The zero-order chi connectivity index (χ0) is 19.5. The first-order valence-electron chi connectivity index (χ1n) is 9.77. The third kappa shape index (κ3) is 4.12. The number of carbonyl (C=O) groups excluding carboxylic acids is 1. The van der Waals surface area contributed by atoms with Crippen LogP contribution >= 0.6 is 11.6 Å². The predicted octanol–water partition coefficient (Wildman–Crippen LogP) is 5.05. The van der Waals surface area contributed by atoms with Crippen LogP contribution in [-0.2, 0) is 6.54 Å². The molecule has 2 aromatic carbocycles. The molecule has 1 aliphatic rings. The van der Waals surface area contributed by atoms with Crippen LogP contribution in [0.2, 0.25) is 5.02 Å². The van der Waals surface area contributed by atoms with Gasteiger partial charge in [-0.25, -0.2) is 4.98 Å². The molecule has 28 heavy (non-hydrogen) atoms. The van der Waals surface area contributed by atoms with E-state index in [0.29, 0.717) is 23.0 Å². The topological polar surface area (TPSA) is 45.2 Å². The minimum Gasteiger partial charge on any atom is -0.356 e. The summed E-state index contributed by atoms with van der Waals surface area (Å²) in [4.78, 5) is 20.2. The van der Waals surface area contributed by atoms with Gasteiger partial charge in [-0.05, 0) is 48.6 Å². The van der Waals surface area contributed by atoms with E-state index in [0.717, 1.165) is 41.8 Å². The Morgan fingerprint density at radius 3 is 2.89 bits per heavy atom. The number of piperidine rings is 1. The minimum absolute atomic E-state index is 0.0927. The smallest absolute Gasteiger partial charge is 0.252 e. The Kier molecular flexibility index (Phi) is 5.49. The van der Waals surface area contributed by atoms with Crippen molar-refractivity contribution in [2.75, 3.05) is 18.0 Å². The van der Waals surface area contributed by atoms with Crippen molar-refractivity contribution in [1.29, 1.82) is 0 Å². The van der Waals surface area contributed by atoms with E-state index in [1.165, 1.54) is 6.42 Å². The number of aromatic nitrogens is 1. The first kappa shape index (κ1) is 18.8. The summed E-state index contributed by atoms with van der Waals surface area (Å²) in [6, 6.07) is 17.3. The van der Waals surface area contributed by atoms with Crippen LogP contribution in [0.5, 0.6) is 0 Å². The SMILES string of the molecule is CC1CCCN(c2cc(C(=O)NCc3cccc(Cl)c3)c3ccccc3n2)C1. The highest BCUT2D eigenvalue weighted by Crippen LogP contribution is 2.26. The van der Waals surface area contributed by atoms with Gasteiger partial charge in [-0.2, -0.15) is 0 Å². The fourth-order valence-corrected chi connectivity index (χ4v) is 4.05. The van der Waals surface area contributed by atoms with Crippen molar-refractivity contribution < 1.29 is 4.79 Å². The van der Waals surface area contributed by atoms with Gasteiger partial charge in [-0.3, -0.25) is 4.79 Å². The van der Waals surface area contributed by atoms with Gasteiger partial charge in [0.05, 0.1) is 11.1 Å². The fraction of sp³-hybridized carbons (Fsp3) is 0.304. The quantitative estimate of drug-likeness (QED) is 0.674. The molecule has 0 radical (unpaired) electrons. The number of para-hydroxylation sites is 1. The molecule has 0 spiro atoms. The molecule has 1 aliphatic heterocycles. The number of amides is 1. The highest BCUT2D eigenvalue weighted by molar-refractivity contribution is 6.30. The van der Waals surface area contributed by atoms with E-state index in [9.17, 15) is 4.79 Å². The van der Waals surface area contributed by atoms with E-state index in [4.69, 9.17) is 16.6 Å². The number of nitrogens with one attached hydrogen (secondary N) is 1. The molecule has 2 heterocycles. The summed E-state index contributed by atoms with van der Waals surface area (Å²) >= 11 is 6.05. The monoisotopic (exact) mass is 393 g/mol. The van der Waals surface area contributed by atoms with Gasteiger partial charge in [0.1, 0.15) is 5.82 Å². The Hall–Kier alpha value is -2.59. The Labute approximate surface area is 170 Å². The normalized spacial score (nSPS) is 16.9. The molecule has 1 atom stereocenters. The average molecular weight is 394 g/mol. The molecule has 1 aromatic heterocycles. The van der Waals surface area contributed by atoms with Gasteiger partial charge >= 0.3 is 0 Å². The van der Waals surface area contributed by atoms with Crippen LogP contribution in [-0.4, -0.2) is 24.0 Å². The van der Waals surface area contributed by atoms with E-state index < -0.39 is 0 Å². The lowest BCUT2D eigenvalue weighted by Crippen LogP contribution is -2.35. The van der Waals surface area contributed by atoms with E-state index in [1.54, 1.807) is 0 Å². The Morgan fingerprint density at radius 2 is 2.07 bits per heavy atom. The number of halogens is 1. The summed E-state index contributed by atoms with van der Waals surface area (Å²) < 4.78 is 0. The Balaban J connectivity index is 1.63. The van der Waals surface area contributed by atoms with E-state index >= 15 is 0 Å².